The molecular weight excluding hydrogens is 276 g/mol. The molecule has 112 valence electrons. The maximum atomic E-state index is 12.0. The first-order chi connectivity index (χ1) is 10.6. The van der Waals surface area contributed by atoms with Crippen LogP contribution in [-0.4, -0.2) is 18.9 Å². The molecular formula is C18H18N2O2. The predicted octanol–water partition coefficient (Wildman–Crippen LogP) is 2.78. The molecule has 4 nitrogen and oxygen atoms in total. The summed E-state index contributed by atoms with van der Waals surface area (Å²) in [4.78, 5) is 25.3. The van der Waals surface area contributed by atoms with Gasteiger partial charge in [-0.05, 0) is 35.7 Å². The molecule has 0 radical (unpaired) electrons. The van der Waals surface area contributed by atoms with Crippen LogP contribution < -0.4 is 10.2 Å². The second-order valence-electron chi connectivity index (χ2n) is 5.51. The molecule has 0 atom stereocenters. The van der Waals surface area contributed by atoms with E-state index in [0.29, 0.717) is 12.8 Å². The van der Waals surface area contributed by atoms with E-state index in [2.05, 4.69) is 5.32 Å². The number of hydrogen-bond acceptors (Lipinski definition) is 2. The maximum Gasteiger partial charge on any atom is 0.231 e. The van der Waals surface area contributed by atoms with Crippen molar-refractivity contribution in [1.29, 1.82) is 0 Å². The lowest BCUT2D eigenvalue weighted by Crippen LogP contribution is -2.20. The van der Waals surface area contributed by atoms with Crippen LogP contribution in [0.3, 0.4) is 0 Å². The number of likely N-dealkylation sites (N-methyl/N-ethyl adjacent to an activating group) is 1. The Morgan fingerprint density at radius 2 is 1.95 bits per heavy atom. The molecule has 2 amide bonds. The molecule has 0 bridgehead atoms. The lowest BCUT2D eigenvalue weighted by Gasteiger charge is -2.11. The van der Waals surface area contributed by atoms with Gasteiger partial charge in [-0.15, -0.1) is 0 Å². The maximum absolute atomic E-state index is 12.0. The van der Waals surface area contributed by atoms with Gasteiger partial charge in [-0.2, -0.15) is 0 Å². The SMILES string of the molecule is CN1C(=O)Cc2cc(NC(=O)CCc3ccccc3)ccc21. The molecule has 0 unspecified atom stereocenters. The smallest absolute Gasteiger partial charge is 0.231 e. The second kappa shape index (κ2) is 6.02. The van der Waals surface area contributed by atoms with Crippen molar-refractivity contribution in [3.8, 4) is 0 Å². The van der Waals surface area contributed by atoms with Crippen LogP contribution in [-0.2, 0) is 22.4 Å². The number of anilines is 2. The summed E-state index contributed by atoms with van der Waals surface area (Å²) < 4.78 is 0. The van der Waals surface area contributed by atoms with Crippen molar-refractivity contribution < 1.29 is 9.59 Å². The largest absolute Gasteiger partial charge is 0.326 e. The molecule has 2 aromatic carbocycles. The zero-order valence-corrected chi connectivity index (χ0v) is 12.5. The van der Waals surface area contributed by atoms with Crippen molar-refractivity contribution >= 4 is 23.2 Å². The first kappa shape index (κ1) is 14.3. The summed E-state index contributed by atoms with van der Waals surface area (Å²) in [6.07, 6.45) is 1.57. The zero-order valence-electron chi connectivity index (χ0n) is 12.5. The van der Waals surface area contributed by atoms with Crippen molar-refractivity contribution in [2.75, 3.05) is 17.3 Å². The van der Waals surface area contributed by atoms with Crippen LogP contribution in [0, 0.1) is 0 Å². The molecule has 22 heavy (non-hydrogen) atoms. The third-order valence-corrected chi connectivity index (χ3v) is 3.92. The van der Waals surface area contributed by atoms with E-state index in [-0.39, 0.29) is 11.8 Å². The van der Waals surface area contributed by atoms with Crippen molar-refractivity contribution in [3.63, 3.8) is 0 Å². The molecule has 0 saturated carbocycles. The Kier molecular flexibility index (Phi) is 3.92. The molecule has 0 aromatic heterocycles. The number of amides is 2. The van der Waals surface area contributed by atoms with Crippen LogP contribution in [0.4, 0.5) is 11.4 Å². The zero-order chi connectivity index (χ0) is 15.5. The molecule has 1 aliphatic heterocycles. The van der Waals surface area contributed by atoms with Crippen molar-refractivity contribution in [1.82, 2.24) is 0 Å². The van der Waals surface area contributed by atoms with Gasteiger partial charge in [0.1, 0.15) is 0 Å². The van der Waals surface area contributed by atoms with Crippen LogP contribution >= 0.6 is 0 Å². The third-order valence-electron chi connectivity index (χ3n) is 3.92. The van der Waals surface area contributed by atoms with Gasteiger partial charge in [-0.3, -0.25) is 9.59 Å². The van der Waals surface area contributed by atoms with Gasteiger partial charge in [0.2, 0.25) is 11.8 Å². The Hall–Kier alpha value is -2.62. The molecule has 0 aliphatic carbocycles. The summed E-state index contributed by atoms with van der Waals surface area (Å²) in [5, 5.41) is 2.90. The van der Waals surface area contributed by atoms with Gasteiger partial charge < -0.3 is 10.2 Å². The number of aryl methyl sites for hydroxylation is 1. The fourth-order valence-electron chi connectivity index (χ4n) is 2.67. The van der Waals surface area contributed by atoms with Crippen LogP contribution in [0.5, 0.6) is 0 Å². The van der Waals surface area contributed by atoms with E-state index in [4.69, 9.17) is 0 Å². The molecule has 0 spiro atoms. The van der Waals surface area contributed by atoms with Gasteiger partial charge in [0, 0.05) is 24.8 Å². The number of nitrogens with one attached hydrogen (secondary N) is 1. The van der Waals surface area contributed by atoms with Gasteiger partial charge in [-0.1, -0.05) is 30.3 Å². The quantitative estimate of drug-likeness (QED) is 0.942. The Balaban J connectivity index is 1.61. The highest BCUT2D eigenvalue weighted by Gasteiger charge is 2.23. The number of carbonyl (C=O) groups is 2. The predicted molar refractivity (Wildman–Crippen MR) is 86.9 cm³/mol. The number of hydrogen-bond donors (Lipinski definition) is 1. The molecule has 1 aliphatic rings. The molecule has 0 saturated heterocycles. The minimum Gasteiger partial charge on any atom is -0.326 e. The molecule has 1 heterocycles. The average molecular weight is 294 g/mol. The number of fused-ring (bicyclic) bond motifs is 1. The molecule has 4 heteroatoms. The van der Waals surface area contributed by atoms with E-state index in [1.807, 2.05) is 48.5 Å². The molecule has 2 aromatic rings. The topological polar surface area (TPSA) is 49.4 Å². The van der Waals surface area contributed by atoms with Crippen molar-refractivity contribution in [2.45, 2.75) is 19.3 Å². The van der Waals surface area contributed by atoms with E-state index < -0.39 is 0 Å². The highest BCUT2D eigenvalue weighted by molar-refractivity contribution is 6.02. The standard InChI is InChI=1S/C18H18N2O2/c1-20-16-9-8-15(11-14(16)12-18(20)22)19-17(21)10-7-13-5-3-2-4-6-13/h2-6,8-9,11H,7,10,12H2,1H3,(H,19,21). The van der Waals surface area contributed by atoms with E-state index >= 15 is 0 Å². The number of nitrogens with zero attached hydrogens (tertiary/aromatic N) is 1. The number of rotatable bonds is 4. The summed E-state index contributed by atoms with van der Waals surface area (Å²) >= 11 is 0. The fourth-order valence-corrected chi connectivity index (χ4v) is 2.67. The van der Waals surface area contributed by atoms with Crippen LogP contribution in [0.15, 0.2) is 48.5 Å². The van der Waals surface area contributed by atoms with Crippen molar-refractivity contribution in [2.24, 2.45) is 0 Å². The van der Waals surface area contributed by atoms with Gasteiger partial charge in [0.15, 0.2) is 0 Å². The second-order valence-corrected chi connectivity index (χ2v) is 5.51. The summed E-state index contributed by atoms with van der Waals surface area (Å²) in [6, 6.07) is 15.6. The summed E-state index contributed by atoms with van der Waals surface area (Å²) in [5.74, 6) is 0.0732. The normalized spacial score (nSPS) is 13.1. The highest BCUT2D eigenvalue weighted by Crippen LogP contribution is 2.29. The molecule has 3 rings (SSSR count). The minimum atomic E-state index is -0.0125. The Morgan fingerprint density at radius 3 is 2.73 bits per heavy atom. The van der Waals surface area contributed by atoms with Gasteiger partial charge >= 0.3 is 0 Å². The Bertz CT molecular complexity index is 710. The van der Waals surface area contributed by atoms with E-state index in [9.17, 15) is 9.59 Å². The highest BCUT2D eigenvalue weighted by atomic mass is 16.2. The minimum absolute atomic E-state index is 0.0125. The molecule has 1 N–H and O–H groups in total. The van der Waals surface area contributed by atoms with Crippen LogP contribution in [0.1, 0.15) is 17.5 Å². The number of carbonyl (C=O) groups excluding carboxylic acids is 2. The van der Waals surface area contributed by atoms with Crippen molar-refractivity contribution in [3.05, 3.63) is 59.7 Å². The Labute approximate surface area is 129 Å². The van der Waals surface area contributed by atoms with E-state index in [1.54, 1.807) is 11.9 Å². The van der Waals surface area contributed by atoms with Crippen LogP contribution in [0.2, 0.25) is 0 Å². The first-order valence-corrected chi connectivity index (χ1v) is 7.37. The first-order valence-electron chi connectivity index (χ1n) is 7.37. The summed E-state index contributed by atoms with van der Waals surface area (Å²) in [6.45, 7) is 0. The van der Waals surface area contributed by atoms with Gasteiger partial charge in [0.25, 0.3) is 0 Å². The summed E-state index contributed by atoms with van der Waals surface area (Å²) in [5.41, 5.74) is 3.79. The third kappa shape index (κ3) is 3.01. The van der Waals surface area contributed by atoms with Crippen LogP contribution in [0.25, 0.3) is 0 Å². The lowest BCUT2D eigenvalue weighted by molar-refractivity contribution is -0.117. The van der Waals surface area contributed by atoms with E-state index in [0.717, 1.165) is 28.9 Å². The number of benzene rings is 2. The van der Waals surface area contributed by atoms with E-state index in [1.165, 1.54) is 0 Å². The average Bonchev–Trinajstić information content (AvgIpc) is 2.81. The monoisotopic (exact) mass is 294 g/mol. The van der Waals surface area contributed by atoms with Gasteiger partial charge in [-0.25, -0.2) is 0 Å². The molecule has 0 fully saturated rings. The lowest BCUT2D eigenvalue weighted by atomic mass is 10.1. The van der Waals surface area contributed by atoms with Gasteiger partial charge in [0.05, 0.1) is 6.42 Å². The Morgan fingerprint density at radius 1 is 1.18 bits per heavy atom. The summed E-state index contributed by atoms with van der Waals surface area (Å²) in [7, 11) is 1.77. The fraction of sp³-hybridized carbons (Fsp3) is 0.222.